The number of nitrogens with one attached hydrogen (secondary N) is 3. The summed E-state index contributed by atoms with van der Waals surface area (Å²) in [6.45, 7) is 7.47. The van der Waals surface area contributed by atoms with Crippen molar-refractivity contribution in [1.82, 2.24) is 15.2 Å². The van der Waals surface area contributed by atoms with Crippen LogP contribution in [0.3, 0.4) is 0 Å². The van der Waals surface area contributed by atoms with Crippen molar-refractivity contribution in [2.45, 2.75) is 39.0 Å². The molecule has 0 spiro atoms. The summed E-state index contributed by atoms with van der Waals surface area (Å²) in [5.41, 5.74) is 5.11. The molecule has 0 aliphatic heterocycles. The number of hydrogen-bond donors (Lipinski definition) is 3. The molecule has 0 unspecified atom stereocenters. The van der Waals surface area contributed by atoms with Gasteiger partial charge in [0.05, 0.1) is 23.3 Å². The zero-order chi connectivity index (χ0) is 19.6. The first kappa shape index (κ1) is 18.9. The molecule has 3 N–H and O–H groups in total. The molecule has 0 saturated heterocycles. The number of nitrogens with zero attached hydrogens (tertiary/aromatic N) is 2. The molecule has 0 bridgehead atoms. The van der Waals surface area contributed by atoms with E-state index in [1.165, 1.54) is 5.56 Å². The fourth-order valence-corrected chi connectivity index (χ4v) is 4.38. The van der Waals surface area contributed by atoms with Crippen LogP contribution in [0.4, 0.5) is 17.2 Å². The Bertz CT molecular complexity index is 1040. The minimum atomic E-state index is -3.75. The van der Waals surface area contributed by atoms with Gasteiger partial charge in [-0.25, -0.2) is 13.4 Å². The lowest BCUT2D eigenvalue weighted by Gasteiger charge is -2.14. The van der Waals surface area contributed by atoms with Gasteiger partial charge in [-0.15, -0.1) is 0 Å². The van der Waals surface area contributed by atoms with Crippen LogP contribution in [-0.4, -0.2) is 23.6 Å². The molecule has 27 heavy (non-hydrogen) atoms. The van der Waals surface area contributed by atoms with Crippen molar-refractivity contribution in [3.8, 4) is 0 Å². The lowest BCUT2D eigenvalue weighted by molar-refractivity contribution is 0.600. The van der Waals surface area contributed by atoms with E-state index in [0.717, 1.165) is 23.4 Å². The molecule has 0 amide bonds. The molecule has 7 nitrogen and oxygen atoms in total. The summed E-state index contributed by atoms with van der Waals surface area (Å²) in [6.07, 6.45) is 2.53. The van der Waals surface area contributed by atoms with E-state index in [9.17, 15) is 8.42 Å². The van der Waals surface area contributed by atoms with Gasteiger partial charge in [-0.3, -0.25) is 9.82 Å². The molecule has 0 radical (unpaired) electrons. The molecule has 142 valence electrons. The number of para-hydroxylation sites is 1. The highest BCUT2D eigenvalue weighted by atomic mass is 32.2. The first-order valence-electron chi connectivity index (χ1n) is 8.67. The number of aromatic amines is 1. The second-order valence-electron chi connectivity index (χ2n) is 6.39. The number of sulfonamides is 1. The van der Waals surface area contributed by atoms with Crippen molar-refractivity contribution in [2.75, 3.05) is 10.0 Å². The zero-order valence-electron chi connectivity index (χ0n) is 15.8. The second-order valence-corrected chi connectivity index (χ2v) is 8.01. The Morgan fingerprint density at radius 1 is 1.11 bits per heavy atom. The van der Waals surface area contributed by atoms with Gasteiger partial charge in [-0.1, -0.05) is 25.1 Å². The van der Waals surface area contributed by atoms with Crippen LogP contribution in [0.15, 0.2) is 41.4 Å². The van der Waals surface area contributed by atoms with Crippen LogP contribution in [0.5, 0.6) is 0 Å². The van der Waals surface area contributed by atoms with Crippen molar-refractivity contribution in [3.05, 3.63) is 59.0 Å². The van der Waals surface area contributed by atoms with E-state index >= 15 is 0 Å². The molecule has 8 heteroatoms. The maximum absolute atomic E-state index is 12.6. The molecule has 0 aliphatic rings. The minimum absolute atomic E-state index is 0.152. The number of hydrogen-bond acceptors (Lipinski definition) is 5. The number of pyridine rings is 1. The summed E-state index contributed by atoms with van der Waals surface area (Å²) in [7, 11) is -3.75. The SMILES string of the molecule is CCc1cccc(C)c1Nc1ccc(NS(=O)(=O)c2c(C)n[nH]c2C)nc1. The number of H-pyrrole nitrogens is 1. The van der Waals surface area contributed by atoms with E-state index in [1.54, 1.807) is 32.2 Å². The topological polar surface area (TPSA) is 99.8 Å². The Labute approximate surface area is 159 Å². The Hall–Kier alpha value is -2.87. The van der Waals surface area contributed by atoms with E-state index in [-0.39, 0.29) is 10.7 Å². The third-order valence-corrected chi connectivity index (χ3v) is 5.96. The highest BCUT2D eigenvalue weighted by Crippen LogP contribution is 2.26. The highest BCUT2D eigenvalue weighted by molar-refractivity contribution is 7.92. The third kappa shape index (κ3) is 3.95. The number of anilines is 3. The predicted molar refractivity (Wildman–Crippen MR) is 107 cm³/mol. The average molecular weight is 385 g/mol. The van der Waals surface area contributed by atoms with Gasteiger partial charge in [-0.2, -0.15) is 5.10 Å². The lowest BCUT2D eigenvalue weighted by Crippen LogP contribution is -2.15. The summed E-state index contributed by atoms with van der Waals surface area (Å²) in [5, 5.41) is 9.99. The van der Waals surface area contributed by atoms with Gasteiger partial charge < -0.3 is 5.32 Å². The van der Waals surface area contributed by atoms with E-state index in [4.69, 9.17) is 0 Å². The first-order chi connectivity index (χ1) is 12.8. The number of aromatic nitrogens is 3. The number of rotatable bonds is 6. The highest BCUT2D eigenvalue weighted by Gasteiger charge is 2.22. The summed E-state index contributed by atoms with van der Waals surface area (Å²) in [5.74, 6) is 0.251. The van der Waals surface area contributed by atoms with Gasteiger partial charge in [0.1, 0.15) is 10.7 Å². The Balaban J connectivity index is 1.81. The Morgan fingerprint density at radius 3 is 2.48 bits per heavy atom. The van der Waals surface area contributed by atoms with Gasteiger partial charge in [0.15, 0.2) is 0 Å². The van der Waals surface area contributed by atoms with Crippen molar-refractivity contribution < 1.29 is 8.42 Å². The summed E-state index contributed by atoms with van der Waals surface area (Å²) in [4.78, 5) is 4.38. The van der Waals surface area contributed by atoms with Gasteiger partial charge in [-0.05, 0) is 50.5 Å². The second kappa shape index (κ2) is 7.40. The molecule has 0 aliphatic carbocycles. The number of benzene rings is 1. The van der Waals surface area contributed by atoms with Crippen LogP contribution < -0.4 is 10.0 Å². The molecule has 1 aromatic carbocycles. The molecule has 0 saturated carbocycles. The molecular weight excluding hydrogens is 362 g/mol. The van der Waals surface area contributed by atoms with Gasteiger partial charge in [0.2, 0.25) is 0 Å². The summed E-state index contributed by atoms with van der Waals surface area (Å²) >= 11 is 0. The minimum Gasteiger partial charge on any atom is -0.354 e. The van der Waals surface area contributed by atoms with Gasteiger partial charge in [0.25, 0.3) is 10.0 Å². The molecule has 0 atom stereocenters. The van der Waals surface area contributed by atoms with Gasteiger partial charge >= 0.3 is 0 Å². The van der Waals surface area contributed by atoms with Crippen LogP contribution in [0.1, 0.15) is 29.4 Å². The van der Waals surface area contributed by atoms with E-state index in [2.05, 4.69) is 38.2 Å². The van der Waals surface area contributed by atoms with Crippen molar-refractivity contribution in [2.24, 2.45) is 0 Å². The predicted octanol–water partition coefficient (Wildman–Crippen LogP) is 3.84. The fraction of sp³-hybridized carbons (Fsp3) is 0.263. The molecule has 3 rings (SSSR count). The lowest BCUT2D eigenvalue weighted by atomic mass is 10.1. The first-order valence-corrected chi connectivity index (χ1v) is 10.2. The largest absolute Gasteiger partial charge is 0.354 e. The normalized spacial score (nSPS) is 11.4. The molecule has 0 fully saturated rings. The zero-order valence-corrected chi connectivity index (χ0v) is 16.6. The van der Waals surface area contributed by atoms with Gasteiger partial charge in [0, 0.05) is 5.69 Å². The van der Waals surface area contributed by atoms with Crippen LogP contribution in [0, 0.1) is 20.8 Å². The summed E-state index contributed by atoms with van der Waals surface area (Å²) in [6, 6.07) is 9.60. The standard InChI is InChI=1S/C19H23N5O2S/c1-5-15-8-6-7-12(2)18(15)21-16-9-10-17(20-11-16)24-27(25,26)19-13(3)22-23-14(19)4/h6-11,21H,5H2,1-4H3,(H,20,24)(H,22,23). The fourth-order valence-electron chi connectivity index (χ4n) is 3.00. The molecule has 2 aromatic heterocycles. The maximum Gasteiger partial charge on any atom is 0.266 e. The monoisotopic (exact) mass is 385 g/mol. The molecule has 3 aromatic rings. The van der Waals surface area contributed by atoms with Crippen LogP contribution in [-0.2, 0) is 16.4 Å². The summed E-state index contributed by atoms with van der Waals surface area (Å²) < 4.78 is 27.7. The number of aryl methyl sites for hydroxylation is 4. The average Bonchev–Trinajstić information content (AvgIpc) is 2.97. The Morgan fingerprint density at radius 2 is 1.89 bits per heavy atom. The van der Waals surface area contributed by atoms with Crippen molar-refractivity contribution >= 4 is 27.2 Å². The van der Waals surface area contributed by atoms with E-state index in [0.29, 0.717) is 11.4 Å². The molecular formula is C19H23N5O2S. The van der Waals surface area contributed by atoms with Crippen LogP contribution >= 0.6 is 0 Å². The molecule has 2 heterocycles. The smallest absolute Gasteiger partial charge is 0.266 e. The van der Waals surface area contributed by atoms with E-state index < -0.39 is 10.0 Å². The third-order valence-electron chi connectivity index (χ3n) is 4.34. The van der Waals surface area contributed by atoms with Crippen molar-refractivity contribution in [1.29, 1.82) is 0 Å². The van der Waals surface area contributed by atoms with E-state index in [1.807, 2.05) is 19.1 Å². The quantitative estimate of drug-likeness (QED) is 0.599. The van der Waals surface area contributed by atoms with Crippen LogP contribution in [0.2, 0.25) is 0 Å². The van der Waals surface area contributed by atoms with Crippen molar-refractivity contribution in [3.63, 3.8) is 0 Å². The van der Waals surface area contributed by atoms with Crippen LogP contribution in [0.25, 0.3) is 0 Å². The maximum atomic E-state index is 12.6. The Kier molecular flexibility index (Phi) is 5.18.